The first-order valence-corrected chi connectivity index (χ1v) is 6.79. The molecule has 0 fully saturated rings. The molecule has 3 nitrogen and oxygen atoms in total. The number of halogens is 1. The Morgan fingerprint density at radius 1 is 1.41 bits per heavy atom. The average molecular weight is 275 g/mol. The molecule has 0 saturated carbocycles. The predicted molar refractivity (Wildman–Crippen MR) is 68.5 cm³/mol. The monoisotopic (exact) mass is 274 g/mol. The fourth-order valence-electron chi connectivity index (χ4n) is 1.37. The van der Waals surface area contributed by atoms with E-state index in [9.17, 15) is 9.00 Å². The molecule has 0 amide bonds. The number of esters is 1. The molecule has 0 bridgehead atoms. The van der Waals surface area contributed by atoms with Gasteiger partial charge in [0.2, 0.25) is 0 Å². The minimum absolute atomic E-state index is 0.184. The van der Waals surface area contributed by atoms with Gasteiger partial charge in [-0.15, -0.1) is 0 Å². The lowest BCUT2D eigenvalue weighted by atomic mass is 9.97. The zero-order chi connectivity index (χ0) is 13.1. The zero-order valence-electron chi connectivity index (χ0n) is 10.0. The highest BCUT2D eigenvalue weighted by molar-refractivity contribution is 7.85. The lowest BCUT2D eigenvalue weighted by Gasteiger charge is -2.20. The quantitative estimate of drug-likeness (QED) is 0.793. The number of hydrogen-bond acceptors (Lipinski definition) is 3. The molecule has 1 rings (SSSR count). The summed E-state index contributed by atoms with van der Waals surface area (Å²) >= 11 is 5.95. The van der Waals surface area contributed by atoms with Gasteiger partial charge in [-0.3, -0.25) is 9.00 Å². The summed E-state index contributed by atoms with van der Waals surface area (Å²) in [6.45, 7) is 3.40. The molecule has 0 aromatic heterocycles. The molecule has 1 unspecified atom stereocenters. The van der Waals surface area contributed by atoms with Gasteiger partial charge in [-0.2, -0.15) is 0 Å². The Labute approximate surface area is 109 Å². The van der Waals surface area contributed by atoms with E-state index in [1.807, 2.05) is 0 Å². The summed E-state index contributed by atoms with van der Waals surface area (Å²) in [5.41, 5.74) is -0.793. The molecule has 0 radical (unpaired) electrons. The highest BCUT2D eigenvalue weighted by Gasteiger charge is 2.31. The van der Waals surface area contributed by atoms with Gasteiger partial charge in [-0.05, 0) is 26.0 Å². The smallest absolute Gasteiger partial charge is 0.312 e. The fraction of sp³-hybridized carbons (Fsp3) is 0.417. The van der Waals surface area contributed by atoms with Gasteiger partial charge in [0.25, 0.3) is 0 Å². The standard InChI is InChI=1S/C12H15ClO3S/c1-12(2,11(14)16-3)8-17(15)10-7-5-4-6-9(10)13/h4-7H,8H2,1-3H3. The Bertz CT molecular complexity index is 443. The van der Waals surface area contributed by atoms with E-state index in [0.717, 1.165) is 0 Å². The molecule has 0 N–H and O–H groups in total. The largest absolute Gasteiger partial charge is 0.469 e. The topological polar surface area (TPSA) is 43.4 Å². The van der Waals surface area contributed by atoms with Crippen molar-refractivity contribution in [2.45, 2.75) is 18.7 Å². The first-order chi connectivity index (χ1) is 7.88. The SMILES string of the molecule is COC(=O)C(C)(C)CS(=O)c1ccccc1Cl. The van der Waals surface area contributed by atoms with Crippen molar-refractivity contribution >= 4 is 28.4 Å². The number of benzene rings is 1. The molecule has 1 aromatic carbocycles. The first-order valence-electron chi connectivity index (χ1n) is 5.10. The number of hydrogen-bond donors (Lipinski definition) is 0. The molecular weight excluding hydrogens is 260 g/mol. The second kappa shape index (κ2) is 5.65. The molecule has 94 valence electrons. The number of carbonyl (C=O) groups is 1. The van der Waals surface area contributed by atoms with Crippen LogP contribution in [-0.2, 0) is 20.3 Å². The van der Waals surface area contributed by atoms with Gasteiger partial charge in [0.1, 0.15) is 0 Å². The van der Waals surface area contributed by atoms with Crippen LogP contribution in [0.3, 0.4) is 0 Å². The van der Waals surface area contributed by atoms with Crippen molar-refractivity contribution < 1.29 is 13.7 Å². The lowest BCUT2D eigenvalue weighted by molar-refractivity contribution is -0.149. The van der Waals surface area contributed by atoms with E-state index in [-0.39, 0.29) is 11.7 Å². The molecule has 5 heteroatoms. The van der Waals surface area contributed by atoms with Crippen LogP contribution in [0, 0.1) is 5.41 Å². The fourth-order valence-corrected chi connectivity index (χ4v) is 3.21. The summed E-state index contributed by atoms with van der Waals surface area (Å²) in [5.74, 6) is -0.193. The molecule has 0 aliphatic heterocycles. The molecule has 1 atom stereocenters. The minimum atomic E-state index is -1.32. The number of carbonyl (C=O) groups excluding carboxylic acids is 1. The van der Waals surface area contributed by atoms with Gasteiger partial charge in [0.15, 0.2) is 0 Å². The van der Waals surface area contributed by atoms with Gasteiger partial charge >= 0.3 is 5.97 Å². The molecule has 0 heterocycles. The van der Waals surface area contributed by atoms with E-state index in [2.05, 4.69) is 4.74 Å². The van der Waals surface area contributed by atoms with Gasteiger partial charge in [-0.25, -0.2) is 0 Å². The third kappa shape index (κ3) is 3.54. The molecule has 0 aliphatic rings. The van der Waals surface area contributed by atoms with Crippen molar-refractivity contribution in [1.82, 2.24) is 0 Å². The average Bonchev–Trinajstić information content (AvgIpc) is 2.27. The molecule has 0 spiro atoms. The summed E-state index contributed by atoms with van der Waals surface area (Å²) in [6.07, 6.45) is 0. The number of rotatable bonds is 4. The Balaban J connectivity index is 2.87. The molecule has 0 aliphatic carbocycles. The lowest BCUT2D eigenvalue weighted by Crippen LogP contribution is -2.31. The van der Waals surface area contributed by atoms with Crippen LogP contribution in [0.25, 0.3) is 0 Å². The Kier molecular flexibility index (Phi) is 4.71. The summed E-state index contributed by atoms with van der Waals surface area (Å²) in [6, 6.07) is 6.92. The van der Waals surface area contributed by atoms with Crippen molar-refractivity contribution in [3.63, 3.8) is 0 Å². The normalized spacial score (nSPS) is 13.2. The van der Waals surface area contributed by atoms with E-state index in [0.29, 0.717) is 9.92 Å². The summed E-state index contributed by atoms with van der Waals surface area (Å²) < 4.78 is 16.8. The van der Waals surface area contributed by atoms with Crippen LogP contribution in [0.1, 0.15) is 13.8 Å². The Morgan fingerprint density at radius 2 is 2.00 bits per heavy atom. The van der Waals surface area contributed by atoms with E-state index < -0.39 is 16.2 Å². The number of methoxy groups -OCH3 is 1. The predicted octanol–water partition coefficient (Wildman–Crippen LogP) is 2.65. The molecule has 1 aromatic rings. The number of ether oxygens (including phenoxy) is 1. The molecular formula is C12H15ClO3S. The zero-order valence-corrected chi connectivity index (χ0v) is 11.6. The van der Waals surface area contributed by atoms with Crippen molar-refractivity contribution in [3.8, 4) is 0 Å². The molecule has 17 heavy (non-hydrogen) atoms. The maximum Gasteiger partial charge on any atom is 0.312 e. The minimum Gasteiger partial charge on any atom is -0.469 e. The maximum absolute atomic E-state index is 12.1. The Hall–Kier alpha value is -0.870. The molecule has 0 saturated heterocycles. The third-order valence-corrected chi connectivity index (χ3v) is 4.58. The second-order valence-corrected chi connectivity index (χ2v) is 6.12. The third-order valence-electron chi connectivity index (χ3n) is 2.31. The van der Waals surface area contributed by atoms with Gasteiger partial charge in [0, 0.05) is 5.75 Å². The van der Waals surface area contributed by atoms with Crippen molar-refractivity contribution in [2.75, 3.05) is 12.9 Å². The van der Waals surface area contributed by atoms with Crippen LogP contribution in [0.15, 0.2) is 29.2 Å². The highest BCUT2D eigenvalue weighted by Crippen LogP contribution is 2.25. The van der Waals surface area contributed by atoms with Crippen molar-refractivity contribution in [1.29, 1.82) is 0 Å². The van der Waals surface area contributed by atoms with Gasteiger partial charge in [-0.1, -0.05) is 23.7 Å². The van der Waals surface area contributed by atoms with E-state index in [1.165, 1.54) is 7.11 Å². The van der Waals surface area contributed by atoms with Crippen LogP contribution in [0.4, 0.5) is 0 Å². The van der Waals surface area contributed by atoms with E-state index in [1.54, 1.807) is 38.1 Å². The Morgan fingerprint density at radius 3 is 2.53 bits per heavy atom. The summed E-state index contributed by atoms with van der Waals surface area (Å²) in [4.78, 5) is 12.0. The van der Waals surface area contributed by atoms with Crippen LogP contribution in [0.5, 0.6) is 0 Å². The van der Waals surface area contributed by atoms with Crippen LogP contribution in [0.2, 0.25) is 5.02 Å². The summed E-state index contributed by atoms with van der Waals surface area (Å²) in [5, 5.41) is 0.450. The second-order valence-electron chi connectivity index (χ2n) is 4.30. The van der Waals surface area contributed by atoms with Gasteiger partial charge in [0.05, 0.1) is 33.2 Å². The van der Waals surface area contributed by atoms with Crippen molar-refractivity contribution in [2.24, 2.45) is 5.41 Å². The van der Waals surface area contributed by atoms with Gasteiger partial charge < -0.3 is 4.74 Å². The van der Waals surface area contributed by atoms with E-state index >= 15 is 0 Å². The van der Waals surface area contributed by atoms with Crippen molar-refractivity contribution in [3.05, 3.63) is 29.3 Å². The maximum atomic E-state index is 12.1. The first kappa shape index (κ1) is 14.2. The highest BCUT2D eigenvalue weighted by atomic mass is 35.5. The van der Waals surface area contributed by atoms with E-state index in [4.69, 9.17) is 11.6 Å². The summed E-state index contributed by atoms with van der Waals surface area (Å²) in [7, 11) is 0.00254. The van der Waals surface area contributed by atoms with Crippen LogP contribution >= 0.6 is 11.6 Å². The van der Waals surface area contributed by atoms with Crippen LogP contribution < -0.4 is 0 Å². The van der Waals surface area contributed by atoms with Crippen LogP contribution in [-0.4, -0.2) is 23.0 Å².